The van der Waals surface area contributed by atoms with Crippen LogP contribution in [0.4, 0.5) is 0 Å². The predicted molar refractivity (Wildman–Crippen MR) is 71.7 cm³/mol. The zero-order valence-corrected chi connectivity index (χ0v) is 11.2. The average molecular weight is 269 g/mol. The van der Waals surface area contributed by atoms with E-state index < -0.39 is 0 Å². The lowest BCUT2D eigenvalue weighted by Crippen LogP contribution is -2.01. The second-order valence-corrected chi connectivity index (χ2v) is 5.64. The normalized spacial score (nSPS) is 19.8. The van der Waals surface area contributed by atoms with E-state index in [9.17, 15) is 9.90 Å². The number of aryl methyl sites for hydroxylation is 1. The molecule has 1 heterocycles. The number of rotatable bonds is 2. The van der Waals surface area contributed by atoms with Gasteiger partial charge in [-0.1, -0.05) is 23.7 Å². The Labute approximate surface area is 110 Å². The maximum absolute atomic E-state index is 11.3. The summed E-state index contributed by atoms with van der Waals surface area (Å²) in [6, 6.07) is 5.74. The minimum Gasteiger partial charge on any atom is -0.510 e. The van der Waals surface area contributed by atoms with Gasteiger partial charge in [-0.15, -0.1) is 11.8 Å². The minimum absolute atomic E-state index is 0.0688. The smallest absolute Gasteiger partial charge is 0.160 e. The Bertz CT molecular complexity index is 508. The van der Waals surface area contributed by atoms with Crippen LogP contribution in [0, 0.1) is 6.92 Å². The number of carbonyl (C=O) groups is 1. The quantitative estimate of drug-likeness (QED) is 0.886. The van der Waals surface area contributed by atoms with Gasteiger partial charge in [0.1, 0.15) is 5.76 Å². The van der Waals surface area contributed by atoms with Gasteiger partial charge in [-0.3, -0.25) is 4.79 Å². The first-order chi connectivity index (χ1) is 8.00. The van der Waals surface area contributed by atoms with E-state index in [-0.39, 0.29) is 16.8 Å². The Morgan fingerprint density at radius 3 is 2.76 bits per heavy atom. The molecule has 0 amide bonds. The molecule has 0 fully saturated rings. The summed E-state index contributed by atoms with van der Waals surface area (Å²) in [4.78, 5) is 11.3. The van der Waals surface area contributed by atoms with Crippen LogP contribution >= 0.6 is 23.4 Å². The van der Waals surface area contributed by atoms with Crippen molar-refractivity contribution in [1.29, 1.82) is 0 Å². The van der Waals surface area contributed by atoms with Crippen LogP contribution < -0.4 is 0 Å². The summed E-state index contributed by atoms with van der Waals surface area (Å²) in [5, 5.41) is 10.5. The maximum Gasteiger partial charge on any atom is 0.160 e. The second-order valence-electron chi connectivity index (χ2n) is 4.14. The predicted octanol–water partition coefficient (Wildman–Crippen LogP) is 3.84. The van der Waals surface area contributed by atoms with Gasteiger partial charge >= 0.3 is 0 Å². The van der Waals surface area contributed by atoms with E-state index in [1.807, 2.05) is 25.1 Å². The second kappa shape index (κ2) is 4.75. The molecule has 0 saturated heterocycles. The number of aliphatic hydroxyl groups excluding tert-OH is 1. The number of aliphatic hydroxyl groups is 1. The first-order valence-electron chi connectivity index (χ1n) is 5.31. The molecule has 0 spiro atoms. The van der Waals surface area contributed by atoms with Crippen LogP contribution in [-0.2, 0) is 4.79 Å². The molecule has 1 aliphatic rings. The van der Waals surface area contributed by atoms with E-state index in [2.05, 4.69) is 0 Å². The lowest BCUT2D eigenvalue weighted by molar-refractivity contribution is -0.113. The first-order valence-corrected chi connectivity index (χ1v) is 6.74. The molecule has 1 N–H and O–H groups in total. The fourth-order valence-electron chi connectivity index (χ4n) is 1.84. The summed E-state index contributed by atoms with van der Waals surface area (Å²) in [6.07, 6.45) is 0. The van der Waals surface area contributed by atoms with Crippen molar-refractivity contribution >= 4 is 29.1 Å². The average Bonchev–Trinajstić information content (AvgIpc) is 2.60. The molecule has 1 aromatic carbocycles. The van der Waals surface area contributed by atoms with Crippen LogP contribution in [0.2, 0.25) is 5.02 Å². The van der Waals surface area contributed by atoms with E-state index in [0.717, 1.165) is 11.1 Å². The summed E-state index contributed by atoms with van der Waals surface area (Å²) in [5.41, 5.74) is 2.46. The summed E-state index contributed by atoms with van der Waals surface area (Å²) in [5.74, 6) is 0.643. The van der Waals surface area contributed by atoms with Crippen molar-refractivity contribution in [3.05, 3.63) is 45.7 Å². The highest BCUT2D eigenvalue weighted by molar-refractivity contribution is 8.00. The van der Waals surface area contributed by atoms with Gasteiger partial charge in [0.25, 0.3) is 0 Å². The molecular formula is C13H13ClO2S. The van der Waals surface area contributed by atoms with Crippen molar-refractivity contribution in [3.8, 4) is 0 Å². The zero-order chi connectivity index (χ0) is 12.6. The number of hydrogen-bond donors (Lipinski definition) is 1. The molecule has 0 aliphatic carbocycles. The molecular weight excluding hydrogens is 256 g/mol. The van der Waals surface area contributed by atoms with Gasteiger partial charge in [-0.05, 0) is 31.0 Å². The van der Waals surface area contributed by atoms with Crippen molar-refractivity contribution in [3.63, 3.8) is 0 Å². The van der Waals surface area contributed by atoms with Gasteiger partial charge < -0.3 is 5.11 Å². The molecule has 4 heteroatoms. The van der Waals surface area contributed by atoms with Crippen molar-refractivity contribution in [2.45, 2.75) is 19.1 Å². The van der Waals surface area contributed by atoms with E-state index >= 15 is 0 Å². The lowest BCUT2D eigenvalue weighted by atomic mass is 10.0. The third-order valence-electron chi connectivity index (χ3n) is 2.82. The van der Waals surface area contributed by atoms with Gasteiger partial charge in [0.2, 0.25) is 0 Å². The number of carbonyl (C=O) groups excluding carboxylic acids is 1. The highest BCUT2D eigenvalue weighted by Gasteiger charge is 2.30. The molecule has 1 aromatic rings. The monoisotopic (exact) mass is 268 g/mol. The largest absolute Gasteiger partial charge is 0.510 e. The van der Waals surface area contributed by atoms with Gasteiger partial charge in [-0.2, -0.15) is 0 Å². The van der Waals surface area contributed by atoms with Crippen molar-refractivity contribution in [2.75, 3.05) is 5.75 Å². The lowest BCUT2D eigenvalue weighted by Gasteiger charge is -2.12. The van der Waals surface area contributed by atoms with Crippen molar-refractivity contribution < 1.29 is 9.90 Å². The van der Waals surface area contributed by atoms with Crippen molar-refractivity contribution in [2.24, 2.45) is 0 Å². The Hall–Kier alpha value is -0.930. The van der Waals surface area contributed by atoms with Crippen molar-refractivity contribution in [1.82, 2.24) is 0 Å². The summed E-state index contributed by atoms with van der Waals surface area (Å²) < 4.78 is 0. The van der Waals surface area contributed by atoms with E-state index in [0.29, 0.717) is 16.3 Å². The maximum atomic E-state index is 11.3. The number of halogens is 1. The number of Topliss-reactive ketones (excluding diaryl/α,β-unsaturated/α-hetero) is 1. The van der Waals surface area contributed by atoms with E-state index in [4.69, 9.17) is 11.6 Å². The Balaban J connectivity index is 2.40. The van der Waals surface area contributed by atoms with Gasteiger partial charge in [-0.25, -0.2) is 0 Å². The number of hydrogen-bond acceptors (Lipinski definition) is 3. The molecule has 1 aliphatic heterocycles. The topological polar surface area (TPSA) is 37.3 Å². The molecule has 0 aromatic heterocycles. The molecule has 17 heavy (non-hydrogen) atoms. The summed E-state index contributed by atoms with van der Waals surface area (Å²) in [7, 11) is 0. The molecule has 0 bridgehead atoms. The first kappa shape index (κ1) is 12.5. The summed E-state index contributed by atoms with van der Waals surface area (Å²) >= 11 is 7.70. The third kappa shape index (κ3) is 2.35. The minimum atomic E-state index is -0.206. The highest BCUT2D eigenvalue weighted by Crippen LogP contribution is 2.45. The number of thioether (sulfide) groups is 1. The Morgan fingerprint density at radius 1 is 1.53 bits per heavy atom. The number of benzene rings is 1. The number of ketones is 1. The Morgan fingerprint density at radius 2 is 2.24 bits per heavy atom. The van der Waals surface area contributed by atoms with Gasteiger partial charge in [0.05, 0.1) is 5.25 Å². The Kier molecular flexibility index (Phi) is 3.50. The van der Waals surface area contributed by atoms with Crippen LogP contribution in [0.25, 0.3) is 0 Å². The standard InChI is InChI=1S/C13H13ClO2S/c1-7-3-4-9(11(14)5-7)13-12(16)10(6-17-13)8(2)15/h3-5,13,16H,6H2,1-2H3. The molecule has 0 radical (unpaired) electrons. The van der Waals surface area contributed by atoms with E-state index in [1.165, 1.54) is 18.7 Å². The molecule has 1 atom stereocenters. The fraction of sp³-hybridized carbons (Fsp3) is 0.308. The van der Waals surface area contributed by atoms with Gasteiger partial charge in [0, 0.05) is 16.3 Å². The molecule has 2 nitrogen and oxygen atoms in total. The molecule has 2 rings (SSSR count). The van der Waals surface area contributed by atoms with Crippen LogP contribution in [0.3, 0.4) is 0 Å². The SMILES string of the molecule is CC(=O)C1=C(O)C(c2ccc(C)cc2Cl)SC1. The molecule has 0 saturated carbocycles. The third-order valence-corrected chi connectivity index (χ3v) is 4.41. The molecule has 1 unspecified atom stereocenters. The molecule has 90 valence electrons. The van der Waals surface area contributed by atoms with E-state index in [1.54, 1.807) is 0 Å². The van der Waals surface area contributed by atoms with Crippen LogP contribution in [0.15, 0.2) is 29.5 Å². The van der Waals surface area contributed by atoms with Crippen LogP contribution in [0.1, 0.15) is 23.3 Å². The van der Waals surface area contributed by atoms with Crippen LogP contribution in [-0.4, -0.2) is 16.6 Å². The zero-order valence-electron chi connectivity index (χ0n) is 9.66. The van der Waals surface area contributed by atoms with Crippen LogP contribution in [0.5, 0.6) is 0 Å². The van der Waals surface area contributed by atoms with Gasteiger partial charge in [0.15, 0.2) is 5.78 Å². The highest BCUT2D eigenvalue weighted by atomic mass is 35.5. The summed E-state index contributed by atoms with van der Waals surface area (Å²) in [6.45, 7) is 3.44. The fourth-order valence-corrected chi connectivity index (χ4v) is 3.62.